The van der Waals surface area contributed by atoms with Crippen LogP contribution >= 0.6 is 15.9 Å². The number of aromatic nitrogens is 2. The molecule has 1 aromatic heterocycles. The molecule has 21 heavy (non-hydrogen) atoms. The van der Waals surface area contributed by atoms with Crippen LogP contribution < -0.4 is 5.32 Å². The van der Waals surface area contributed by atoms with Gasteiger partial charge < -0.3 is 5.32 Å². The Hall–Kier alpha value is -0.350. The van der Waals surface area contributed by atoms with Crippen molar-refractivity contribution >= 4 is 15.9 Å². The molecule has 0 spiro atoms. The van der Waals surface area contributed by atoms with Gasteiger partial charge in [-0.15, -0.1) is 0 Å². The standard InChI is InChI=1S/C17H30BrN3/c1-4-15-17(18)16(21(3)20-15)12-14(19-2)11-10-13-8-6-5-7-9-13/h13-14,19H,4-12H2,1-3H3. The molecule has 0 saturated heterocycles. The van der Waals surface area contributed by atoms with E-state index < -0.39 is 0 Å². The molecule has 1 aliphatic carbocycles. The monoisotopic (exact) mass is 355 g/mol. The topological polar surface area (TPSA) is 29.9 Å². The molecule has 1 aliphatic rings. The summed E-state index contributed by atoms with van der Waals surface area (Å²) < 4.78 is 3.26. The molecule has 0 bridgehead atoms. The first-order valence-corrected chi connectivity index (χ1v) is 9.32. The fourth-order valence-electron chi connectivity index (χ4n) is 3.54. The predicted octanol–water partition coefficient (Wildman–Crippen LogP) is 4.24. The predicted molar refractivity (Wildman–Crippen MR) is 92.6 cm³/mol. The number of likely N-dealkylation sites (N-methyl/N-ethyl adjacent to an activating group) is 1. The molecule has 1 fully saturated rings. The average molecular weight is 356 g/mol. The van der Waals surface area contributed by atoms with Crippen molar-refractivity contribution < 1.29 is 0 Å². The Kier molecular flexibility index (Phi) is 6.74. The zero-order valence-electron chi connectivity index (χ0n) is 13.8. The summed E-state index contributed by atoms with van der Waals surface area (Å²) in [6.45, 7) is 2.16. The van der Waals surface area contributed by atoms with Gasteiger partial charge in [-0.05, 0) is 48.2 Å². The first-order chi connectivity index (χ1) is 10.2. The van der Waals surface area contributed by atoms with Gasteiger partial charge in [0, 0.05) is 19.5 Å². The third-order valence-electron chi connectivity index (χ3n) is 5.00. The molecule has 1 atom stereocenters. The Morgan fingerprint density at radius 3 is 2.62 bits per heavy atom. The van der Waals surface area contributed by atoms with Crippen LogP contribution in [0, 0.1) is 5.92 Å². The van der Waals surface area contributed by atoms with Gasteiger partial charge in [0.15, 0.2) is 0 Å². The van der Waals surface area contributed by atoms with Gasteiger partial charge in [-0.3, -0.25) is 4.68 Å². The quantitative estimate of drug-likeness (QED) is 0.792. The minimum atomic E-state index is 0.559. The van der Waals surface area contributed by atoms with E-state index in [0.29, 0.717) is 6.04 Å². The molecular weight excluding hydrogens is 326 g/mol. The highest BCUT2D eigenvalue weighted by molar-refractivity contribution is 9.10. The van der Waals surface area contributed by atoms with Crippen molar-refractivity contribution in [2.75, 3.05) is 7.05 Å². The summed E-state index contributed by atoms with van der Waals surface area (Å²) >= 11 is 3.74. The van der Waals surface area contributed by atoms with E-state index in [0.717, 1.165) is 18.8 Å². The maximum atomic E-state index is 4.61. The van der Waals surface area contributed by atoms with E-state index in [1.807, 2.05) is 4.68 Å². The van der Waals surface area contributed by atoms with Gasteiger partial charge in [0.2, 0.25) is 0 Å². The van der Waals surface area contributed by atoms with Crippen LogP contribution in [0.1, 0.15) is 63.3 Å². The van der Waals surface area contributed by atoms with E-state index in [1.165, 1.54) is 60.8 Å². The highest BCUT2D eigenvalue weighted by Gasteiger charge is 2.19. The van der Waals surface area contributed by atoms with Crippen LogP contribution in [0.25, 0.3) is 0 Å². The summed E-state index contributed by atoms with van der Waals surface area (Å²) in [7, 11) is 4.16. The molecule has 0 radical (unpaired) electrons. The lowest BCUT2D eigenvalue weighted by Gasteiger charge is -2.24. The van der Waals surface area contributed by atoms with Crippen molar-refractivity contribution in [2.45, 2.75) is 70.8 Å². The van der Waals surface area contributed by atoms with Gasteiger partial charge in [0.1, 0.15) is 0 Å². The molecular formula is C17H30BrN3. The molecule has 4 heteroatoms. The maximum Gasteiger partial charge on any atom is 0.0766 e. The van der Waals surface area contributed by atoms with Crippen molar-refractivity contribution in [1.29, 1.82) is 0 Å². The Morgan fingerprint density at radius 1 is 1.33 bits per heavy atom. The number of nitrogens with one attached hydrogen (secondary N) is 1. The molecule has 3 nitrogen and oxygen atoms in total. The van der Waals surface area contributed by atoms with Gasteiger partial charge in [-0.2, -0.15) is 5.10 Å². The first-order valence-electron chi connectivity index (χ1n) is 8.53. The summed E-state index contributed by atoms with van der Waals surface area (Å²) in [6, 6.07) is 0.559. The van der Waals surface area contributed by atoms with Gasteiger partial charge in [-0.1, -0.05) is 39.0 Å². The second kappa shape index (κ2) is 8.33. The van der Waals surface area contributed by atoms with E-state index in [9.17, 15) is 0 Å². The van der Waals surface area contributed by atoms with Crippen LogP contribution in [0.15, 0.2) is 4.47 Å². The molecule has 1 aromatic rings. The molecule has 120 valence electrons. The molecule has 0 aliphatic heterocycles. The number of aryl methyl sites for hydroxylation is 2. The van der Waals surface area contributed by atoms with Crippen LogP contribution in [0.4, 0.5) is 0 Å². The second-order valence-corrected chi connectivity index (χ2v) is 7.25. The lowest BCUT2D eigenvalue weighted by atomic mass is 9.85. The SMILES string of the molecule is CCc1nn(C)c(CC(CCC2CCCCC2)NC)c1Br. The molecule has 1 N–H and O–H groups in total. The van der Waals surface area contributed by atoms with E-state index in [-0.39, 0.29) is 0 Å². The lowest BCUT2D eigenvalue weighted by Crippen LogP contribution is -2.29. The third kappa shape index (κ3) is 4.56. The largest absolute Gasteiger partial charge is 0.317 e. The number of hydrogen-bond donors (Lipinski definition) is 1. The average Bonchev–Trinajstić information content (AvgIpc) is 2.79. The molecule has 1 heterocycles. The zero-order chi connectivity index (χ0) is 15.2. The summed E-state index contributed by atoms with van der Waals surface area (Å²) in [5.41, 5.74) is 2.50. The Balaban J connectivity index is 1.91. The molecule has 2 rings (SSSR count). The van der Waals surface area contributed by atoms with Crippen molar-refractivity contribution in [2.24, 2.45) is 13.0 Å². The molecule has 0 aromatic carbocycles. The van der Waals surface area contributed by atoms with Gasteiger partial charge in [0.05, 0.1) is 15.9 Å². The smallest absolute Gasteiger partial charge is 0.0766 e. The summed E-state index contributed by atoms with van der Waals surface area (Å²) in [5.74, 6) is 0.968. The number of halogens is 1. The van der Waals surface area contributed by atoms with Crippen LogP contribution in [-0.2, 0) is 19.9 Å². The zero-order valence-corrected chi connectivity index (χ0v) is 15.4. The van der Waals surface area contributed by atoms with E-state index >= 15 is 0 Å². The van der Waals surface area contributed by atoms with Crippen molar-refractivity contribution in [3.63, 3.8) is 0 Å². The Bertz CT molecular complexity index is 435. The van der Waals surface area contributed by atoms with Crippen LogP contribution in [-0.4, -0.2) is 22.9 Å². The number of nitrogens with zero attached hydrogens (tertiary/aromatic N) is 2. The minimum Gasteiger partial charge on any atom is -0.317 e. The van der Waals surface area contributed by atoms with Gasteiger partial charge in [-0.25, -0.2) is 0 Å². The van der Waals surface area contributed by atoms with Crippen molar-refractivity contribution in [1.82, 2.24) is 15.1 Å². The van der Waals surface area contributed by atoms with Crippen LogP contribution in [0.2, 0.25) is 0 Å². The molecule has 0 amide bonds. The maximum absolute atomic E-state index is 4.61. The van der Waals surface area contributed by atoms with Crippen LogP contribution in [0.5, 0.6) is 0 Å². The summed E-state index contributed by atoms with van der Waals surface area (Å²) in [6.07, 6.45) is 11.9. The van der Waals surface area contributed by atoms with E-state index in [2.05, 4.69) is 47.4 Å². The normalized spacial score (nSPS) is 18.1. The van der Waals surface area contributed by atoms with Gasteiger partial charge in [0.25, 0.3) is 0 Å². The lowest BCUT2D eigenvalue weighted by molar-refractivity contribution is 0.315. The fraction of sp³-hybridized carbons (Fsp3) is 0.824. The summed E-state index contributed by atoms with van der Waals surface area (Å²) in [4.78, 5) is 0. The first kappa shape index (κ1) is 17.0. The van der Waals surface area contributed by atoms with Gasteiger partial charge >= 0.3 is 0 Å². The number of hydrogen-bond acceptors (Lipinski definition) is 2. The highest BCUT2D eigenvalue weighted by Crippen LogP contribution is 2.29. The third-order valence-corrected chi connectivity index (χ3v) is 5.91. The molecule has 1 saturated carbocycles. The van der Waals surface area contributed by atoms with E-state index in [4.69, 9.17) is 0 Å². The molecule has 1 unspecified atom stereocenters. The van der Waals surface area contributed by atoms with E-state index in [1.54, 1.807) is 0 Å². The Morgan fingerprint density at radius 2 is 2.05 bits per heavy atom. The Labute approximate surface area is 138 Å². The highest BCUT2D eigenvalue weighted by atomic mass is 79.9. The second-order valence-electron chi connectivity index (χ2n) is 6.46. The van der Waals surface area contributed by atoms with Crippen molar-refractivity contribution in [3.05, 3.63) is 15.9 Å². The number of rotatable bonds is 7. The fourth-order valence-corrected chi connectivity index (χ4v) is 4.31. The van der Waals surface area contributed by atoms with Crippen LogP contribution in [0.3, 0.4) is 0 Å². The van der Waals surface area contributed by atoms with Crippen molar-refractivity contribution in [3.8, 4) is 0 Å². The summed E-state index contributed by atoms with van der Waals surface area (Å²) in [5, 5.41) is 8.12. The minimum absolute atomic E-state index is 0.559.